The first-order valence-electron chi connectivity index (χ1n) is 6.38. The van der Waals surface area contributed by atoms with E-state index in [9.17, 15) is 9.90 Å². The van der Waals surface area contributed by atoms with E-state index in [-0.39, 0.29) is 17.8 Å². The molecule has 1 aromatic rings. The summed E-state index contributed by atoms with van der Waals surface area (Å²) in [6.45, 7) is 0.611. The van der Waals surface area contributed by atoms with Gasteiger partial charge in [0.2, 0.25) is 0 Å². The topological polar surface area (TPSA) is 112 Å². The van der Waals surface area contributed by atoms with Crippen molar-refractivity contribution in [1.82, 2.24) is 9.88 Å². The highest BCUT2D eigenvalue weighted by molar-refractivity contribution is 5.98. The maximum atomic E-state index is 12.1. The predicted molar refractivity (Wildman–Crippen MR) is 72.4 cm³/mol. The van der Waals surface area contributed by atoms with Crippen LogP contribution < -0.4 is 5.73 Å². The molecule has 1 aliphatic carbocycles. The molecule has 0 aromatic carbocycles. The van der Waals surface area contributed by atoms with E-state index in [4.69, 9.17) is 10.9 Å². The lowest BCUT2D eigenvalue weighted by Crippen LogP contribution is -2.39. The molecule has 0 atom stereocenters. The quantitative estimate of drug-likeness (QED) is 0.311. The van der Waals surface area contributed by atoms with Crippen LogP contribution in [0.15, 0.2) is 23.5 Å². The average molecular weight is 278 g/mol. The summed E-state index contributed by atoms with van der Waals surface area (Å²) in [5.41, 5.74) is 6.19. The molecule has 1 fully saturated rings. The second kappa shape index (κ2) is 5.87. The number of amides is 1. The van der Waals surface area contributed by atoms with E-state index in [0.29, 0.717) is 23.7 Å². The first kappa shape index (κ1) is 14.3. The number of rotatable bonds is 4. The minimum atomic E-state index is -0.221. The number of nitrogens with two attached hydrogens (primary N) is 1. The summed E-state index contributed by atoms with van der Waals surface area (Å²) in [6, 6.07) is 3.12. The highest BCUT2D eigenvalue weighted by atomic mass is 16.4. The zero-order valence-electron chi connectivity index (χ0n) is 11.2. The molecule has 0 bridgehead atoms. The number of carbonyl (C=O) groups excluding carboxylic acids is 1. The fourth-order valence-corrected chi connectivity index (χ4v) is 2.24. The highest BCUT2D eigenvalue weighted by Gasteiger charge is 2.29. The SMILES string of the molecule is CN(CC1CC(O)C1)C(=O)c1ccc(C(N)=NO)cn1. The number of pyridine rings is 1. The Morgan fingerprint density at radius 2 is 2.25 bits per heavy atom. The van der Waals surface area contributed by atoms with Crippen LogP contribution in [0.4, 0.5) is 0 Å². The third-order valence-corrected chi connectivity index (χ3v) is 3.48. The monoisotopic (exact) mass is 278 g/mol. The van der Waals surface area contributed by atoms with Crippen molar-refractivity contribution in [2.75, 3.05) is 13.6 Å². The Bertz CT molecular complexity index is 509. The molecule has 1 amide bonds. The van der Waals surface area contributed by atoms with E-state index in [1.807, 2.05) is 0 Å². The summed E-state index contributed by atoms with van der Waals surface area (Å²) >= 11 is 0. The van der Waals surface area contributed by atoms with Gasteiger partial charge in [0.25, 0.3) is 5.91 Å². The number of hydrogen-bond donors (Lipinski definition) is 3. The van der Waals surface area contributed by atoms with Crippen LogP contribution in [0.25, 0.3) is 0 Å². The Hall–Kier alpha value is -2.15. The van der Waals surface area contributed by atoms with Crippen LogP contribution in [0.2, 0.25) is 0 Å². The summed E-state index contributed by atoms with van der Waals surface area (Å²) in [6.07, 6.45) is 2.66. The number of oxime groups is 1. The standard InChI is InChI=1S/C13H18N4O3/c1-17(7-8-4-10(18)5-8)13(19)11-3-2-9(6-15-11)12(14)16-20/h2-3,6,8,10,18,20H,4-5,7H2,1H3,(H2,14,16). The van der Waals surface area contributed by atoms with Crippen LogP contribution in [0.5, 0.6) is 0 Å². The predicted octanol–water partition coefficient (Wildman–Crippen LogP) is 0.0190. The Kier molecular flexibility index (Phi) is 4.19. The van der Waals surface area contributed by atoms with Gasteiger partial charge in [-0.15, -0.1) is 0 Å². The molecule has 4 N–H and O–H groups in total. The van der Waals surface area contributed by atoms with Crippen LogP contribution in [0.1, 0.15) is 28.9 Å². The minimum absolute atomic E-state index is 0.0479. The van der Waals surface area contributed by atoms with Crippen LogP contribution in [0, 0.1) is 5.92 Å². The average Bonchev–Trinajstić information content (AvgIpc) is 2.44. The number of nitrogens with zero attached hydrogens (tertiary/aromatic N) is 3. The number of aromatic nitrogens is 1. The summed E-state index contributed by atoms with van der Waals surface area (Å²) in [7, 11) is 1.71. The van der Waals surface area contributed by atoms with E-state index in [1.54, 1.807) is 24.1 Å². The van der Waals surface area contributed by atoms with Gasteiger partial charge in [0, 0.05) is 25.4 Å². The second-order valence-corrected chi connectivity index (χ2v) is 5.09. The van der Waals surface area contributed by atoms with Crippen molar-refractivity contribution in [3.8, 4) is 0 Å². The Morgan fingerprint density at radius 1 is 1.55 bits per heavy atom. The summed E-state index contributed by atoms with van der Waals surface area (Å²) in [4.78, 5) is 17.8. The maximum Gasteiger partial charge on any atom is 0.272 e. The molecule has 7 nitrogen and oxygen atoms in total. The molecular formula is C13H18N4O3. The molecule has 0 spiro atoms. The van der Waals surface area contributed by atoms with Crippen LogP contribution in [0.3, 0.4) is 0 Å². The number of hydrogen-bond acceptors (Lipinski definition) is 5. The van der Waals surface area contributed by atoms with Gasteiger partial charge in [-0.3, -0.25) is 9.78 Å². The van der Waals surface area contributed by atoms with Crippen molar-refractivity contribution in [2.24, 2.45) is 16.8 Å². The Morgan fingerprint density at radius 3 is 2.75 bits per heavy atom. The first-order chi connectivity index (χ1) is 9.51. The Balaban J connectivity index is 1.98. The lowest BCUT2D eigenvalue weighted by Gasteiger charge is -2.34. The smallest absolute Gasteiger partial charge is 0.272 e. The lowest BCUT2D eigenvalue weighted by atomic mass is 9.82. The van der Waals surface area contributed by atoms with E-state index < -0.39 is 0 Å². The van der Waals surface area contributed by atoms with Crippen molar-refractivity contribution >= 4 is 11.7 Å². The minimum Gasteiger partial charge on any atom is -0.409 e. The fourth-order valence-electron chi connectivity index (χ4n) is 2.24. The van der Waals surface area contributed by atoms with Crippen LogP contribution in [-0.4, -0.2) is 51.6 Å². The molecule has 108 valence electrons. The zero-order chi connectivity index (χ0) is 14.7. The molecular weight excluding hydrogens is 260 g/mol. The number of amidine groups is 1. The Labute approximate surface area is 116 Å². The van der Waals surface area contributed by atoms with Gasteiger partial charge < -0.3 is 20.9 Å². The van der Waals surface area contributed by atoms with Crippen LogP contribution in [-0.2, 0) is 0 Å². The lowest BCUT2D eigenvalue weighted by molar-refractivity contribution is 0.0264. The molecule has 7 heteroatoms. The van der Waals surface area contributed by atoms with Crippen molar-refractivity contribution in [1.29, 1.82) is 0 Å². The molecule has 0 saturated heterocycles. The highest BCUT2D eigenvalue weighted by Crippen LogP contribution is 2.27. The normalized spacial score (nSPS) is 22.2. The number of carbonyl (C=O) groups is 1. The van der Waals surface area contributed by atoms with Gasteiger partial charge in [-0.2, -0.15) is 0 Å². The van der Waals surface area contributed by atoms with Crippen molar-refractivity contribution in [3.63, 3.8) is 0 Å². The van der Waals surface area contributed by atoms with Gasteiger partial charge in [0.05, 0.1) is 6.10 Å². The largest absolute Gasteiger partial charge is 0.409 e. The van der Waals surface area contributed by atoms with Gasteiger partial charge in [-0.05, 0) is 30.9 Å². The van der Waals surface area contributed by atoms with E-state index >= 15 is 0 Å². The summed E-state index contributed by atoms with van der Waals surface area (Å²) in [5.74, 6) is 0.126. The van der Waals surface area contributed by atoms with Crippen LogP contribution >= 0.6 is 0 Å². The third-order valence-electron chi connectivity index (χ3n) is 3.48. The zero-order valence-corrected chi connectivity index (χ0v) is 11.2. The van der Waals surface area contributed by atoms with Gasteiger partial charge in [-0.1, -0.05) is 5.16 Å². The maximum absolute atomic E-state index is 12.1. The fraction of sp³-hybridized carbons (Fsp3) is 0.462. The van der Waals surface area contributed by atoms with Crippen molar-refractivity contribution in [2.45, 2.75) is 18.9 Å². The number of aliphatic hydroxyl groups excluding tert-OH is 1. The van der Waals surface area contributed by atoms with E-state index in [2.05, 4.69) is 10.1 Å². The van der Waals surface area contributed by atoms with E-state index in [1.165, 1.54) is 6.20 Å². The summed E-state index contributed by atoms with van der Waals surface area (Å²) in [5, 5.41) is 20.7. The number of aliphatic hydroxyl groups is 1. The van der Waals surface area contributed by atoms with Crippen molar-refractivity contribution in [3.05, 3.63) is 29.6 Å². The first-order valence-corrected chi connectivity index (χ1v) is 6.38. The third kappa shape index (κ3) is 3.05. The van der Waals surface area contributed by atoms with Gasteiger partial charge in [0.1, 0.15) is 5.69 Å². The molecule has 1 aliphatic rings. The molecule has 0 radical (unpaired) electrons. The van der Waals surface area contributed by atoms with Gasteiger partial charge in [-0.25, -0.2) is 0 Å². The van der Waals surface area contributed by atoms with Gasteiger partial charge in [0.15, 0.2) is 5.84 Å². The van der Waals surface area contributed by atoms with E-state index in [0.717, 1.165) is 12.8 Å². The van der Waals surface area contributed by atoms with Crippen molar-refractivity contribution < 1.29 is 15.1 Å². The molecule has 1 aromatic heterocycles. The van der Waals surface area contributed by atoms with Gasteiger partial charge >= 0.3 is 0 Å². The molecule has 20 heavy (non-hydrogen) atoms. The second-order valence-electron chi connectivity index (χ2n) is 5.09. The molecule has 2 rings (SSSR count). The molecule has 1 heterocycles. The summed E-state index contributed by atoms with van der Waals surface area (Å²) < 4.78 is 0. The molecule has 1 saturated carbocycles. The molecule has 0 unspecified atom stereocenters. The molecule has 0 aliphatic heterocycles.